The lowest BCUT2D eigenvalue weighted by molar-refractivity contribution is 0.102. The first-order valence-corrected chi connectivity index (χ1v) is 10.4. The van der Waals surface area contributed by atoms with Gasteiger partial charge in [-0.05, 0) is 49.1 Å². The number of hydrogen-bond acceptors (Lipinski definition) is 3. The molecule has 0 atom stereocenters. The number of carbonyl (C=O) groups excluding carboxylic acids is 1. The minimum atomic E-state index is -0.296. The molecule has 0 saturated heterocycles. The van der Waals surface area contributed by atoms with Gasteiger partial charge in [-0.2, -0.15) is 5.10 Å². The van der Waals surface area contributed by atoms with Gasteiger partial charge in [0.15, 0.2) is 5.82 Å². The number of aromatic nitrogens is 2. The van der Waals surface area contributed by atoms with E-state index in [4.69, 9.17) is 34.8 Å². The fourth-order valence-electron chi connectivity index (χ4n) is 2.53. The Bertz CT molecular complexity index is 1000. The van der Waals surface area contributed by atoms with Gasteiger partial charge in [-0.25, -0.2) is 0 Å². The van der Waals surface area contributed by atoms with Gasteiger partial charge in [0.2, 0.25) is 0 Å². The molecule has 140 valence electrons. The number of rotatable bonds is 5. The number of hydrogen-bond donors (Lipinski definition) is 1. The molecule has 0 bridgehead atoms. The Morgan fingerprint density at radius 2 is 1.81 bits per heavy atom. The molecule has 0 unspecified atom stereocenters. The highest BCUT2D eigenvalue weighted by atomic mass is 35.5. The van der Waals surface area contributed by atoms with Crippen LogP contribution in [0.3, 0.4) is 0 Å². The molecule has 0 aliphatic heterocycles. The van der Waals surface area contributed by atoms with Crippen LogP contribution in [-0.2, 0) is 6.54 Å². The Morgan fingerprint density at radius 1 is 1.07 bits per heavy atom. The Morgan fingerprint density at radius 3 is 2.52 bits per heavy atom. The second kappa shape index (κ2) is 8.57. The fourth-order valence-corrected chi connectivity index (χ4v) is 3.50. The lowest BCUT2D eigenvalue weighted by atomic mass is 10.2. The zero-order chi connectivity index (χ0) is 19.6. The number of nitrogens with one attached hydrogen (secondary N) is 1. The summed E-state index contributed by atoms with van der Waals surface area (Å²) in [4.78, 5) is 13.5. The molecule has 8 heteroatoms. The summed E-state index contributed by atoms with van der Waals surface area (Å²) < 4.78 is 1.79. The topological polar surface area (TPSA) is 46.9 Å². The van der Waals surface area contributed by atoms with Crippen LogP contribution in [0.1, 0.15) is 21.6 Å². The number of amides is 1. The van der Waals surface area contributed by atoms with Crippen LogP contribution in [0.15, 0.2) is 47.4 Å². The highest BCUT2D eigenvalue weighted by molar-refractivity contribution is 7.98. The van der Waals surface area contributed by atoms with Gasteiger partial charge < -0.3 is 5.32 Å². The van der Waals surface area contributed by atoms with Crippen molar-refractivity contribution in [3.63, 3.8) is 0 Å². The first-order chi connectivity index (χ1) is 12.9. The summed E-state index contributed by atoms with van der Waals surface area (Å²) in [5, 5.41) is 8.67. The molecular formula is C19H16Cl3N3OS. The smallest absolute Gasteiger partial charge is 0.258 e. The van der Waals surface area contributed by atoms with Gasteiger partial charge in [-0.15, -0.1) is 11.8 Å². The van der Waals surface area contributed by atoms with E-state index in [0.717, 1.165) is 16.2 Å². The van der Waals surface area contributed by atoms with Crippen molar-refractivity contribution >= 4 is 58.3 Å². The molecule has 0 aliphatic rings. The second-order valence-electron chi connectivity index (χ2n) is 5.88. The predicted octanol–water partition coefficient (Wildman–Crippen LogP) is 6.17. The molecule has 1 N–H and O–H groups in total. The molecule has 0 fully saturated rings. The molecular weight excluding hydrogens is 425 g/mol. The molecule has 0 saturated carbocycles. The van der Waals surface area contributed by atoms with E-state index in [9.17, 15) is 4.79 Å². The third-order valence-corrected chi connectivity index (χ3v) is 5.75. The van der Waals surface area contributed by atoms with Gasteiger partial charge in [0, 0.05) is 16.7 Å². The lowest BCUT2D eigenvalue weighted by Gasteiger charge is -2.07. The van der Waals surface area contributed by atoms with Crippen LogP contribution < -0.4 is 5.32 Å². The molecule has 0 spiro atoms. The van der Waals surface area contributed by atoms with Crippen LogP contribution in [0.5, 0.6) is 0 Å². The lowest BCUT2D eigenvalue weighted by Crippen LogP contribution is -2.13. The van der Waals surface area contributed by atoms with Crippen molar-refractivity contribution in [2.45, 2.75) is 18.4 Å². The molecule has 4 nitrogen and oxygen atoms in total. The van der Waals surface area contributed by atoms with E-state index in [1.165, 1.54) is 0 Å². The minimum Gasteiger partial charge on any atom is -0.305 e. The van der Waals surface area contributed by atoms with E-state index in [2.05, 4.69) is 10.4 Å². The predicted molar refractivity (Wildman–Crippen MR) is 114 cm³/mol. The van der Waals surface area contributed by atoms with Crippen LogP contribution in [0, 0.1) is 6.92 Å². The van der Waals surface area contributed by atoms with Crippen LogP contribution in [0.4, 0.5) is 5.82 Å². The average Bonchev–Trinajstić information content (AvgIpc) is 2.97. The van der Waals surface area contributed by atoms with Gasteiger partial charge in [0.1, 0.15) is 0 Å². The summed E-state index contributed by atoms with van der Waals surface area (Å²) in [7, 11) is 0. The molecule has 1 heterocycles. The van der Waals surface area contributed by atoms with E-state index in [1.54, 1.807) is 40.7 Å². The first kappa shape index (κ1) is 20.1. The maximum atomic E-state index is 12.6. The van der Waals surface area contributed by atoms with Crippen molar-refractivity contribution in [2.75, 3.05) is 11.6 Å². The van der Waals surface area contributed by atoms with Crippen molar-refractivity contribution < 1.29 is 4.79 Å². The number of thioether (sulfide) groups is 1. The highest BCUT2D eigenvalue weighted by Gasteiger charge is 2.14. The number of aryl methyl sites for hydroxylation is 1. The Balaban J connectivity index is 1.78. The summed E-state index contributed by atoms with van der Waals surface area (Å²) in [6.07, 6.45) is 1.94. The maximum absolute atomic E-state index is 12.6. The molecule has 1 aromatic heterocycles. The van der Waals surface area contributed by atoms with Gasteiger partial charge >= 0.3 is 0 Å². The number of nitrogens with zero attached hydrogens (tertiary/aromatic N) is 2. The Labute approximate surface area is 176 Å². The quantitative estimate of drug-likeness (QED) is 0.482. The normalized spacial score (nSPS) is 10.9. The number of carbonyl (C=O) groups is 1. The second-order valence-corrected chi connectivity index (χ2v) is 7.98. The SMILES string of the molecule is CSc1ccc(Cl)c(C(=O)Nc2cc(C)n(Cc3ccc(Cl)c(Cl)c3)n2)c1. The number of anilines is 1. The van der Waals surface area contributed by atoms with E-state index in [0.29, 0.717) is 33.0 Å². The van der Waals surface area contributed by atoms with Gasteiger partial charge in [0.25, 0.3) is 5.91 Å². The number of halogens is 3. The number of benzene rings is 2. The van der Waals surface area contributed by atoms with E-state index in [1.807, 2.05) is 31.4 Å². The fraction of sp³-hybridized carbons (Fsp3) is 0.158. The molecule has 0 aliphatic carbocycles. The molecule has 3 rings (SSSR count). The van der Waals surface area contributed by atoms with Crippen molar-refractivity contribution in [2.24, 2.45) is 0 Å². The molecule has 0 radical (unpaired) electrons. The van der Waals surface area contributed by atoms with E-state index < -0.39 is 0 Å². The van der Waals surface area contributed by atoms with Crippen LogP contribution in [0.2, 0.25) is 15.1 Å². The van der Waals surface area contributed by atoms with Crippen molar-refractivity contribution in [1.29, 1.82) is 0 Å². The van der Waals surface area contributed by atoms with Crippen LogP contribution in [0.25, 0.3) is 0 Å². The average molecular weight is 441 g/mol. The molecule has 3 aromatic rings. The van der Waals surface area contributed by atoms with Crippen LogP contribution in [-0.4, -0.2) is 21.9 Å². The van der Waals surface area contributed by atoms with Crippen LogP contribution >= 0.6 is 46.6 Å². The van der Waals surface area contributed by atoms with E-state index in [-0.39, 0.29) is 5.91 Å². The summed E-state index contributed by atoms with van der Waals surface area (Å²) in [6, 6.07) is 12.6. The monoisotopic (exact) mass is 439 g/mol. The molecule has 27 heavy (non-hydrogen) atoms. The van der Waals surface area contributed by atoms with Crippen molar-refractivity contribution in [3.8, 4) is 0 Å². The summed E-state index contributed by atoms with van der Waals surface area (Å²) in [5.41, 5.74) is 2.28. The maximum Gasteiger partial charge on any atom is 0.258 e. The van der Waals surface area contributed by atoms with Crippen molar-refractivity contribution in [3.05, 3.63) is 74.4 Å². The first-order valence-electron chi connectivity index (χ1n) is 8.00. The molecule has 1 amide bonds. The van der Waals surface area contributed by atoms with Gasteiger partial charge in [0.05, 0.1) is 27.2 Å². The Hall–Kier alpha value is -1.66. The van der Waals surface area contributed by atoms with E-state index >= 15 is 0 Å². The third-order valence-electron chi connectivity index (χ3n) is 3.96. The highest BCUT2D eigenvalue weighted by Crippen LogP contribution is 2.25. The van der Waals surface area contributed by atoms with Crippen molar-refractivity contribution in [1.82, 2.24) is 9.78 Å². The van der Waals surface area contributed by atoms with Gasteiger partial charge in [-0.3, -0.25) is 9.48 Å². The zero-order valence-electron chi connectivity index (χ0n) is 14.6. The summed E-state index contributed by atoms with van der Waals surface area (Å²) >= 11 is 19.7. The summed E-state index contributed by atoms with van der Waals surface area (Å²) in [5.74, 6) is 0.165. The molecule has 2 aromatic carbocycles. The van der Waals surface area contributed by atoms with Gasteiger partial charge in [-0.1, -0.05) is 40.9 Å². The standard InChI is InChI=1S/C19H16Cl3N3OS/c1-11-7-18(23-19(26)14-9-13(27-2)4-6-15(14)20)24-25(11)10-12-3-5-16(21)17(22)8-12/h3-9H,10H2,1-2H3,(H,23,24,26). The zero-order valence-corrected chi connectivity index (χ0v) is 17.7. The Kier molecular flexibility index (Phi) is 6.37. The minimum absolute atomic E-state index is 0.296. The summed E-state index contributed by atoms with van der Waals surface area (Å²) in [6.45, 7) is 2.43. The largest absolute Gasteiger partial charge is 0.305 e. The third kappa shape index (κ3) is 4.79.